The largest absolute Gasteiger partial charge is 0.310 e. The first-order chi connectivity index (χ1) is 9.92. The van der Waals surface area contributed by atoms with Crippen LogP contribution in [-0.2, 0) is 13.6 Å². The van der Waals surface area contributed by atoms with Gasteiger partial charge in [0, 0.05) is 31.7 Å². The Morgan fingerprint density at radius 1 is 1.38 bits per heavy atom. The Labute approximate surface area is 137 Å². The molecule has 1 saturated heterocycles. The van der Waals surface area contributed by atoms with Crippen LogP contribution >= 0.6 is 15.9 Å². The van der Waals surface area contributed by atoms with Gasteiger partial charge in [0.15, 0.2) is 0 Å². The van der Waals surface area contributed by atoms with Gasteiger partial charge in [0.1, 0.15) is 0 Å². The van der Waals surface area contributed by atoms with Crippen molar-refractivity contribution in [2.75, 3.05) is 13.1 Å². The summed E-state index contributed by atoms with van der Waals surface area (Å²) < 4.78 is 3.18. The van der Waals surface area contributed by atoms with Crippen molar-refractivity contribution in [3.63, 3.8) is 0 Å². The van der Waals surface area contributed by atoms with Crippen molar-refractivity contribution < 1.29 is 0 Å². The fourth-order valence-electron chi connectivity index (χ4n) is 3.31. The van der Waals surface area contributed by atoms with E-state index in [0.717, 1.165) is 29.8 Å². The molecule has 1 unspecified atom stereocenters. The van der Waals surface area contributed by atoms with Crippen LogP contribution in [0.5, 0.6) is 0 Å². The molecule has 0 bridgehead atoms. The molecular weight excluding hydrogens is 328 g/mol. The van der Waals surface area contributed by atoms with Crippen LogP contribution in [0, 0.1) is 6.92 Å². The van der Waals surface area contributed by atoms with Gasteiger partial charge in [-0.25, -0.2) is 0 Å². The molecule has 0 radical (unpaired) electrons. The summed E-state index contributed by atoms with van der Waals surface area (Å²) in [5.41, 5.74) is 2.61. The topological polar surface area (TPSA) is 33.1 Å². The van der Waals surface area contributed by atoms with Crippen molar-refractivity contribution in [3.8, 4) is 0 Å². The summed E-state index contributed by atoms with van der Waals surface area (Å²) in [6.45, 7) is 12.2. The maximum atomic E-state index is 4.53. The van der Waals surface area contributed by atoms with Crippen LogP contribution in [-0.4, -0.2) is 39.4 Å². The van der Waals surface area contributed by atoms with E-state index < -0.39 is 0 Å². The number of rotatable bonds is 4. The Morgan fingerprint density at radius 2 is 2.05 bits per heavy atom. The number of nitrogens with one attached hydrogen (secondary N) is 1. The molecule has 1 aliphatic heterocycles. The van der Waals surface area contributed by atoms with Crippen molar-refractivity contribution in [1.82, 2.24) is 20.0 Å². The van der Waals surface area contributed by atoms with Gasteiger partial charge >= 0.3 is 0 Å². The molecule has 0 spiro atoms. The number of aromatic nitrogens is 2. The zero-order valence-corrected chi connectivity index (χ0v) is 15.6. The third kappa shape index (κ3) is 3.51. The lowest BCUT2D eigenvalue weighted by Gasteiger charge is -2.37. The fourth-order valence-corrected chi connectivity index (χ4v) is 3.77. The van der Waals surface area contributed by atoms with Crippen LogP contribution in [0.3, 0.4) is 0 Å². The molecule has 1 fully saturated rings. The van der Waals surface area contributed by atoms with E-state index in [1.165, 1.54) is 25.0 Å². The van der Waals surface area contributed by atoms with Crippen LogP contribution in [0.1, 0.15) is 51.4 Å². The van der Waals surface area contributed by atoms with Crippen LogP contribution in [0.4, 0.5) is 0 Å². The standard InChI is InChI=1S/C16H29BrN4/c1-6-16(7-2)11-21(12(3)8-9-18-16)10-14-15(17)13(4)19-20(14)5/h12,18H,6-11H2,1-5H3. The van der Waals surface area contributed by atoms with Gasteiger partial charge in [-0.05, 0) is 55.6 Å². The van der Waals surface area contributed by atoms with Crippen LogP contribution in [0.2, 0.25) is 0 Å². The molecule has 1 aromatic heterocycles. The monoisotopic (exact) mass is 356 g/mol. The summed E-state index contributed by atoms with van der Waals surface area (Å²) in [6, 6.07) is 0.597. The van der Waals surface area contributed by atoms with Gasteiger partial charge in [0.25, 0.3) is 0 Å². The lowest BCUT2D eigenvalue weighted by molar-refractivity contribution is 0.149. The SMILES string of the molecule is CCC1(CC)CN(Cc2c(Br)c(C)nn2C)C(C)CCN1. The van der Waals surface area contributed by atoms with E-state index in [2.05, 4.69) is 58.9 Å². The molecule has 4 nitrogen and oxygen atoms in total. The van der Waals surface area contributed by atoms with Crippen LogP contribution in [0.15, 0.2) is 4.47 Å². The van der Waals surface area contributed by atoms with E-state index in [-0.39, 0.29) is 5.54 Å². The third-order valence-corrected chi connectivity index (χ3v) is 6.19. The minimum absolute atomic E-state index is 0.255. The highest BCUT2D eigenvalue weighted by Gasteiger charge is 2.33. The first-order valence-electron chi connectivity index (χ1n) is 8.09. The van der Waals surface area contributed by atoms with Crippen LogP contribution in [0.25, 0.3) is 0 Å². The Balaban J connectivity index is 2.23. The molecular formula is C16H29BrN4. The molecule has 1 aromatic rings. The van der Waals surface area contributed by atoms with E-state index in [1.54, 1.807) is 0 Å². The predicted octanol–water partition coefficient (Wildman–Crippen LogP) is 3.23. The molecule has 0 aromatic carbocycles. The quantitative estimate of drug-likeness (QED) is 0.898. The smallest absolute Gasteiger partial charge is 0.0739 e. The Kier molecular flexibility index (Phi) is 5.49. The summed E-state index contributed by atoms with van der Waals surface area (Å²) in [5, 5.41) is 8.33. The van der Waals surface area contributed by atoms with Crippen molar-refractivity contribution in [1.29, 1.82) is 0 Å². The molecule has 1 N–H and O–H groups in total. The molecule has 5 heteroatoms. The molecule has 0 aliphatic carbocycles. The van der Waals surface area contributed by atoms with Crippen molar-refractivity contribution in [3.05, 3.63) is 15.9 Å². The third-order valence-electron chi connectivity index (χ3n) is 5.16. The van der Waals surface area contributed by atoms with Gasteiger partial charge in [-0.2, -0.15) is 5.10 Å². The summed E-state index contributed by atoms with van der Waals surface area (Å²) >= 11 is 3.70. The van der Waals surface area contributed by atoms with Gasteiger partial charge in [0.05, 0.1) is 15.9 Å². The molecule has 120 valence electrons. The molecule has 2 rings (SSSR count). The number of nitrogens with zero attached hydrogens (tertiary/aromatic N) is 3. The van der Waals surface area contributed by atoms with Gasteiger partial charge in [-0.3, -0.25) is 9.58 Å². The van der Waals surface area contributed by atoms with Gasteiger partial charge < -0.3 is 5.32 Å². The zero-order chi connectivity index (χ0) is 15.6. The second-order valence-corrected chi connectivity index (χ2v) is 7.22. The summed E-state index contributed by atoms with van der Waals surface area (Å²) in [7, 11) is 2.04. The van der Waals surface area contributed by atoms with Gasteiger partial charge in [-0.1, -0.05) is 13.8 Å². The Morgan fingerprint density at radius 3 is 2.57 bits per heavy atom. The Bertz CT molecular complexity index is 479. The highest BCUT2D eigenvalue weighted by Crippen LogP contribution is 2.27. The molecule has 0 amide bonds. The van der Waals surface area contributed by atoms with E-state index in [0.29, 0.717) is 6.04 Å². The van der Waals surface area contributed by atoms with Crippen molar-refractivity contribution in [2.24, 2.45) is 7.05 Å². The number of halogens is 1. The highest BCUT2D eigenvalue weighted by atomic mass is 79.9. The number of aryl methyl sites for hydroxylation is 2. The summed E-state index contributed by atoms with van der Waals surface area (Å²) in [6.07, 6.45) is 3.56. The Hall–Kier alpha value is -0.390. The van der Waals surface area contributed by atoms with E-state index in [9.17, 15) is 0 Å². The first kappa shape index (κ1) is 17.0. The normalized spacial score (nSPS) is 23.2. The molecule has 1 atom stereocenters. The van der Waals surface area contributed by atoms with Gasteiger partial charge in [0.2, 0.25) is 0 Å². The van der Waals surface area contributed by atoms with E-state index in [1.807, 2.05) is 11.7 Å². The maximum absolute atomic E-state index is 4.53. The lowest BCUT2D eigenvalue weighted by atomic mass is 9.92. The van der Waals surface area contributed by atoms with Crippen molar-refractivity contribution >= 4 is 15.9 Å². The first-order valence-corrected chi connectivity index (χ1v) is 8.88. The van der Waals surface area contributed by atoms with Crippen molar-refractivity contribution in [2.45, 2.75) is 65.1 Å². The lowest BCUT2D eigenvalue weighted by Crippen LogP contribution is -2.51. The van der Waals surface area contributed by atoms with Gasteiger partial charge in [-0.15, -0.1) is 0 Å². The zero-order valence-electron chi connectivity index (χ0n) is 14.0. The minimum Gasteiger partial charge on any atom is -0.310 e. The fraction of sp³-hybridized carbons (Fsp3) is 0.812. The average molecular weight is 357 g/mol. The molecule has 2 heterocycles. The maximum Gasteiger partial charge on any atom is 0.0739 e. The molecule has 1 aliphatic rings. The second kappa shape index (κ2) is 6.80. The predicted molar refractivity (Wildman–Crippen MR) is 91.4 cm³/mol. The highest BCUT2D eigenvalue weighted by molar-refractivity contribution is 9.10. The summed E-state index contributed by atoms with van der Waals surface area (Å²) in [4.78, 5) is 2.62. The number of hydrogen-bond donors (Lipinski definition) is 1. The number of hydrogen-bond acceptors (Lipinski definition) is 3. The second-order valence-electron chi connectivity index (χ2n) is 6.43. The summed E-state index contributed by atoms with van der Waals surface area (Å²) in [5.74, 6) is 0. The average Bonchev–Trinajstić information content (AvgIpc) is 2.63. The van der Waals surface area contributed by atoms with E-state index in [4.69, 9.17) is 0 Å². The van der Waals surface area contributed by atoms with Crippen LogP contribution < -0.4 is 5.32 Å². The minimum atomic E-state index is 0.255. The molecule has 21 heavy (non-hydrogen) atoms. The molecule has 0 saturated carbocycles. The van der Waals surface area contributed by atoms with E-state index >= 15 is 0 Å².